The molecule has 0 unspecified atom stereocenters. The van der Waals surface area contributed by atoms with E-state index >= 15 is 0 Å². The summed E-state index contributed by atoms with van der Waals surface area (Å²) in [5.74, 6) is 0. The molecule has 5 heterocycles. The Bertz CT molecular complexity index is 1260. The molecule has 0 bridgehead atoms. The van der Waals surface area contributed by atoms with Gasteiger partial charge in [0, 0.05) is 31.2 Å². The number of aryl methyl sites for hydroxylation is 1. The Hall–Kier alpha value is -3.34. The van der Waals surface area contributed by atoms with Gasteiger partial charge in [-0.1, -0.05) is 5.21 Å². The lowest BCUT2D eigenvalue weighted by Gasteiger charge is -2.03. The van der Waals surface area contributed by atoms with E-state index in [1.54, 1.807) is 29.9 Å². The maximum absolute atomic E-state index is 12.9. The minimum atomic E-state index is -0.156. The zero-order valence-corrected chi connectivity index (χ0v) is 14.5. The van der Waals surface area contributed by atoms with Crippen LogP contribution >= 0.6 is 11.3 Å². The van der Waals surface area contributed by atoms with Crippen LogP contribution in [0.1, 0.15) is 16.4 Å². The highest BCUT2D eigenvalue weighted by Crippen LogP contribution is 2.31. The summed E-state index contributed by atoms with van der Waals surface area (Å²) in [4.78, 5) is 17.6. The lowest BCUT2D eigenvalue weighted by atomic mass is 10.3. The number of hydrogen-bond donors (Lipinski definition) is 2. The van der Waals surface area contributed by atoms with E-state index in [0.717, 1.165) is 32.1 Å². The van der Waals surface area contributed by atoms with Gasteiger partial charge in [-0.15, -0.1) is 16.4 Å². The van der Waals surface area contributed by atoms with Gasteiger partial charge in [0.2, 0.25) is 0 Å². The fraction of sp³-hybridized carbons (Fsp3) is 0.200. The Morgan fingerprint density at radius 2 is 2.19 bits per heavy atom. The molecule has 2 N–H and O–H groups in total. The summed E-state index contributed by atoms with van der Waals surface area (Å²) < 4.78 is 4.20. The van der Waals surface area contributed by atoms with Crippen molar-refractivity contribution in [3.8, 4) is 0 Å². The monoisotopic (exact) mass is 367 g/mol. The molecule has 5 rings (SSSR count). The maximum atomic E-state index is 12.9. The Morgan fingerprint density at radius 3 is 2.96 bits per heavy atom. The van der Waals surface area contributed by atoms with Crippen LogP contribution in [0.3, 0.4) is 0 Å². The molecular formula is C15H13N9OS. The summed E-state index contributed by atoms with van der Waals surface area (Å²) >= 11 is 1.55. The molecular weight excluding hydrogens is 354 g/mol. The van der Waals surface area contributed by atoms with E-state index in [4.69, 9.17) is 0 Å². The van der Waals surface area contributed by atoms with Gasteiger partial charge in [0.25, 0.3) is 5.56 Å². The average molecular weight is 367 g/mol. The number of rotatable bonds is 4. The third-order valence-corrected chi connectivity index (χ3v) is 5.32. The van der Waals surface area contributed by atoms with Crippen LogP contribution in [0.15, 0.2) is 29.5 Å². The van der Waals surface area contributed by atoms with Crippen molar-refractivity contribution in [2.75, 3.05) is 0 Å². The van der Waals surface area contributed by atoms with Crippen molar-refractivity contribution in [3.63, 3.8) is 0 Å². The van der Waals surface area contributed by atoms with Gasteiger partial charge >= 0.3 is 0 Å². The number of hydrogen-bond acceptors (Lipinski definition) is 7. The number of aromatic amines is 2. The van der Waals surface area contributed by atoms with E-state index in [1.807, 2.05) is 17.7 Å². The van der Waals surface area contributed by atoms with E-state index in [0.29, 0.717) is 18.5 Å². The number of H-pyrrole nitrogens is 2. The van der Waals surface area contributed by atoms with Crippen molar-refractivity contribution in [2.45, 2.75) is 13.0 Å². The molecule has 11 heteroatoms. The van der Waals surface area contributed by atoms with Crippen LogP contribution in [0.2, 0.25) is 0 Å². The van der Waals surface area contributed by atoms with Crippen LogP contribution in [0.4, 0.5) is 0 Å². The van der Waals surface area contributed by atoms with Gasteiger partial charge in [-0.05, 0) is 6.07 Å². The Morgan fingerprint density at radius 1 is 1.27 bits per heavy atom. The van der Waals surface area contributed by atoms with E-state index in [2.05, 4.69) is 35.7 Å². The summed E-state index contributed by atoms with van der Waals surface area (Å²) in [7, 11) is 1.85. The van der Waals surface area contributed by atoms with Crippen LogP contribution in [0.25, 0.3) is 21.3 Å². The molecule has 26 heavy (non-hydrogen) atoms. The molecule has 0 fully saturated rings. The van der Waals surface area contributed by atoms with E-state index in [9.17, 15) is 4.79 Å². The second-order valence-electron chi connectivity index (χ2n) is 5.90. The van der Waals surface area contributed by atoms with E-state index in [-0.39, 0.29) is 5.56 Å². The van der Waals surface area contributed by atoms with Gasteiger partial charge in [0.15, 0.2) is 5.65 Å². The average Bonchev–Trinajstić information content (AvgIpc) is 3.39. The van der Waals surface area contributed by atoms with Gasteiger partial charge in [0.05, 0.1) is 28.8 Å². The maximum Gasteiger partial charge on any atom is 0.291 e. The Kier molecular flexibility index (Phi) is 3.22. The topological polar surface area (TPSA) is 123 Å². The Labute approximate surface area is 149 Å². The predicted octanol–water partition coefficient (Wildman–Crippen LogP) is 0.825. The number of fused-ring (bicyclic) bond motifs is 3. The van der Waals surface area contributed by atoms with Gasteiger partial charge in [-0.2, -0.15) is 10.2 Å². The first-order valence-corrected chi connectivity index (χ1v) is 8.70. The number of aromatic nitrogens is 9. The molecule has 0 radical (unpaired) electrons. The molecule has 130 valence electrons. The Balaban J connectivity index is 1.62. The lowest BCUT2D eigenvalue weighted by Crippen LogP contribution is -2.24. The highest BCUT2D eigenvalue weighted by Gasteiger charge is 2.18. The summed E-state index contributed by atoms with van der Waals surface area (Å²) in [6.07, 6.45) is 5.79. The van der Waals surface area contributed by atoms with E-state index in [1.165, 1.54) is 4.68 Å². The van der Waals surface area contributed by atoms with Gasteiger partial charge in [-0.25, -0.2) is 9.67 Å². The second-order valence-corrected chi connectivity index (χ2v) is 6.98. The quantitative estimate of drug-likeness (QED) is 0.485. The summed E-state index contributed by atoms with van der Waals surface area (Å²) in [6.45, 7) is 0.321. The molecule has 10 nitrogen and oxygen atoms in total. The molecule has 0 spiro atoms. The third kappa shape index (κ3) is 2.24. The fourth-order valence-electron chi connectivity index (χ4n) is 3.02. The van der Waals surface area contributed by atoms with Gasteiger partial charge < -0.3 is 4.57 Å². The fourth-order valence-corrected chi connectivity index (χ4v) is 4.14. The highest BCUT2D eigenvalue weighted by molar-refractivity contribution is 7.19. The first kappa shape index (κ1) is 15.0. The SMILES string of the molecule is Cn1c2nc(Cc3c[nH]nn3)sc2c2cnn(Cc3cc[nH]n3)c(=O)c21. The minimum absolute atomic E-state index is 0.156. The lowest BCUT2D eigenvalue weighted by molar-refractivity contribution is 0.631. The van der Waals surface area contributed by atoms with Crippen molar-refractivity contribution in [2.24, 2.45) is 7.05 Å². The van der Waals surface area contributed by atoms with Crippen LogP contribution in [-0.2, 0) is 20.0 Å². The molecule has 0 aliphatic heterocycles. The molecule has 0 saturated carbocycles. The standard InChI is InChI=1S/C15H13N9OS/c1-23-12-10(6-18-24(15(12)25)7-8-2-3-16-20-8)13-14(23)19-11(26-13)4-9-5-17-22-21-9/h2-3,5-6H,4,7H2,1H3,(H,16,20)(H,17,21,22). The van der Waals surface area contributed by atoms with Crippen molar-refractivity contribution in [1.29, 1.82) is 0 Å². The van der Waals surface area contributed by atoms with Crippen LogP contribution in [0, 0.1) is 0 Å². The first-order valence-electron chi connectivity index (χ1n) is 7.88. The molecule has 0 aliphatic carbocycles. The molecule has 0 atom stereocenters. The molecule has 5 aromatic rings. The normalized spacial score (nSPS) is 11.7. The molecule has 0 aliphatic rings. The van der Waals surface area contributed by atoms with E-state index < -0.39 is 0 Å². The number of nitrogens with zero attached hydrogens (tertiary/aromatic N) is 7. The summed E-state index contributed by atoms with van der Waals surface area (Å²) in [5.41, 5.74) is 2.80. The smallest absolute Gasteiger partial charge is 0.291 e. The van der Waals surface area contributed by atoms with Gasteiger partial charge in [0.1, 0.15) is 10.5 Å². The largest absolute Gasteiger partial charge is 0.323 e. The second kappa shape index (κ2) is 5.59. The summed E-state index contributed by atoms with van der Waals surface area (Å²) in [5, 5.41) is 23.3. The van der Waals surface area contributed by atoms with Crippen molar-refractivity contribution in [3.05, 3.63) is 51.4 Å². The highest BCUT2D eigenvalue weighted by atomic mass is 32.1. The van der Waals surface area contributed by atoms with Crippen LogP contribution in [0.5, 0.6) is 0 Å². The van der Waals surface area contributed by atoms with Crippen LogP contribution < -0.4 is 5.56 Å². The van der Waals surface area contributed by atoms with Crippen molar-refractivity contribution >= 4 is 32.6 Å². The molecule has 0 saturated heterocycles. The van der Waals surface area contributed by atoms with Gasteiger partial charge in [-0.3, -0.25) is 15.0 Å². The third-order valence-electron chi connectivity index (χ3n) is 4.24. The number of nitrogens with one attached hydrogen (secondary N) is 2. The molecule has 0 aromatic carbocycles. The summed E-state index contributed by atoms with van der Waals surface area (Å²) in [6, 6.07) is 1.82. The first-order chi connectivity index (χ1) is 12.7. The minimum Gasteiger partial charge on any atom is -0.323 e. The predicted molar refractivity (Wildman–Crippen MR) is 95.0 cm³/mol. The van der Waals surface area contributed by atoms with Crippen LogP contribution in [-0.4, -0.2) is 44.9 Å². The van der Waals surface area contributed by atoms with Crippen molar-refractivity contribution < 1.29 is 0 Å². The zero-order chi connectivity index (χ0) is 17.7. The van der Waals surface area contributed by atoms with Crippen molar-refractivity contribution in [1.82, 2.24) is 44.9 Å². The molecule has 0 amide bonds. The zero-order valence-electron chi connectivity index (χ0n) is 13.7. The number of thiazole rings is 1. The molecule has 5 aromatic heterocycles.